The molecule has 9 heteroatoms. The minimum atomic E-state index is -3.60. The maximum Gasteiger partial charge on any atom is 0.240 e. The van der Waals surface area contributed by atoms with Crippen LogP contribution in [-0.2, 0) is 19.6 Å². The first-order valence-electron chi connectivity index (χ1n) is 6.58. The van der Waals surface area contributed by atoms with Crippen molar-refractivity contribution in [2.75, 3.05) is 32.1 Å². The van der Waals surface area contributed by atoms with E-state index in [1.165, 1.54) is 12.1 Å². The van der Waals surface area contributed by atoms with Crippen LogP contribution < -0.4 is 15.8 Å². The minimum absolute atomic E-state index is 0. The van der Waals surface area contributed by atoms with Crippen LogP contribution in [0.1, 0.15) is 12.8 Å². The molecule has 0 spiro atoms. The first-order valence-corrected chi connectivity index (χ1v) is 8.06. The molecule has 0 atom stereocenters. The van der Waals surface area contributed by atoms with Crippen LogP contribution in [0.25, 0.3) is 0 Å². The van der Waals surface area contributed by atoms with E-state index in [1.807, 2.05) is 0 Å². The van der Waals surface area contributed by atoms with E-state index < -0.39 is 10.0 Å². The number of sulfonamides is 1. The van der Waals surface area contributed by atoms with E-state index >= 15 is 0 Å². The highest BCUT2D eigenvalue weighted by molar-refractivity contribution is 7.89. The number of hydrogen-bond acceptors (Lipinski definition) is 5. The summed E-state index contributed by atoms with van der Waals surface area (Å²) in [6, 6.07) is 6.07. The standard InChI is InChI=1S/C13H21N3O4S.ClH/c1-20-9-3-6-13(17)16-11-4-2-5-12(10-11)21(18,19)15-8-7-14;/h2,4-5,10,15H,3,6-9,14H2,1H3,(H,16,17);1H. The molecule has 0 aromatic heterocycles. The highest BCUT2D eigenvalue weighted by atomic mass is 35.5. The molecule has 1 rings (SSSR count). The van der Waals surface area contributed by atoms with E-state index in [9.17, 15) is 13.2 Å². The van der Waals surface area contributed by atoms with Gasteiger partial charge >= 0.3 is 0 Å². The lowest BCUT2D eigenvalue weighted by Crippen LogP contribution is -2.29. The Bertz CT molecular complexity index is 566. The van der Waals surface area contributed by atoms with Gasteiger partial charge in [0.05, 0.1) is 4.90 Å². The molecule has 0 radical (unpaired) electrons. The van der Waals surface area contributed by atoms with Gasteiger partial charge in [-0.2, -0.15) is 0 Å². The lowest BCUT2D eigenvalue weighted by atomic mass is 10.2. The molecule has 1 amide bonds. The van der Waals surface area contributed by atoms with Crippen molar-refractivity contribution < 1.29 is 17.9 Å². The van der Waals surface area contributed by atoms with Gasteiger partial charge in [0.25, 0.3) is 0 Å². The number of methoxy groups -OCH3 is 1. The molecule has 0 fully saturated rings. The molecule has 0 aliphatic heterocycles. The van der Waals surface area contributed by atoms with Crippen molar-refractivity contribution in [1.82, 2.24) is 4.72 Å². The number of benzene rings is 1. The highest BCUT2D eigenvalue weighted by Crippen LogP contribution is 2.15. The summed E-state index contributed by atoms with van der Waals surface area (Å²) < 4.78 is 31.1. The van der Waals surface area contributed by atoms with Crippen LogP contribution in [0.5, 0.6) is 0 Å². The molecule has 0 unspecified atom stereocenters. The number of anilines is 1. The van der Waals surface area contributed by atoms with Gasteiger partial charge in [-0.05, 0) is 24.6 Å². The lowest BCUT2D eigenvalue weighted by Gasteiger charge is -2.09. The van der Waals surface area contributed by atoms with Crippen molar-refractivity contribution in [3.8, 4) is 0 Å². The van der Waals surface area contributed by atoms with Crippen LogP contribution in [0, 0.1) is 0 Å². The van der Waals surface area contributed by atoms with Gasteiger partial charge in [0, 0.05) is 38.9 Å². The SMILES string of the molecule is COCCCC(=O)Nc1cccc(S(=O)(=O)NCCN)c1.Cl. The number of ether oxygens (including phenoxy) is 1. The van der Waals surface area contributed by atoms with Crippen LogP contribution in [-0.4, -0.2) is 41.1 Å². The molecule has 0 aliphatic carbocycles. The van der Waals surface area contributed by atoms with Gasteiger partial charge in [0.1, 0.15) is 0 Å². The van der Waals surface area contributed by atoms with E-state index in [0.717, 1.165) is 0 Å². The Morgan fingerprint density at radius 2 is 2.09 bits per heavy atom. The Hall–Kier alpha value is -1.19. The normalized spacial score (nSPS) is 10.8. The summed E-state index contributed by atoms with van der Waals surface area (Å²) in [5.41, 5.74) is 5.71. The fourth-order valence-corrected chi connectivity index (χ4v) is 2.71. The number of hydrogen-bond donors (Lipinski definition) is 3. The summed E-state index contributed by atoms with van der Waals surface area (Å²) in [6.45, 7) is 0.885. The minimum Gasteiger partial charge on any atom is -0.385 e. The van der Waals surface area contributed by atoms with E-state index in [0.29, 0.717) is 25.1 Å². The summed E-state index contributed by atoms with van der Waals surface area (Å²) in [4.78, 5) is 11.8. The van der Waals surface area contributed by atoms with Gasteiger partial charge < -0.3 is 15.8 Å². The van der Waals surface area contributed by atoms with Gasteiger partial charge in [-0.1, -0.05) is 6.07 Å². The molecule has 0 aliphatic rings. The largest absolute Gasteiger partial charge is 0.385 e. The fourth-order valence-electron chi connectivity index (χ4n) is 1.62. The van der Waals surface area contributed by atoms with E-state index in [4.69, 9.17) is 10.5 Å². The third kappa shape index (κ3) is 7.19. The van der Waals surface area contributed by atoms with Gasteiger partial charge in [0.15, 0.2) is 0 Å². The quantitative estimate of drug-likeness (QED) is 0.567. The predicted molar refractivity (Wildman–Crippen MR) is 87.7 cm³/mol. The Balaban J connectivity index is 0.00000441. The molecule has 0 bridgehead atoms. The summed E-state index contributed by atoms with van der Waals surface area (Å²) in [5, 5.41) is 2.66. The maximum absolute atomic E-state index is 11.9. The van der Waals surface area contributed by atoms with Gasteiger partial charge in [-0.3, -0.25) is 4.79 Å². The van der Waals surface area contributed by atoms with Crippen molar-refractivity contribution in [1.29, 1.82) is 0 Å². The maximum atomic E-state index is 11.9. The molecule has 4 N–H and O–H groups in total. The molecule has 0 saturated carbocycles. The second-order valence-corrected chi connectivity index (χ2v) is 6.13. The Morgan fingerprint density at radius 3 is 2.73 bits per heavy atom. The Kier molecular flexibility index (Phi) is 9.95. The van der Waals surface area contributed by atoms with Crippen molar-refractivity contribution in [3.63, 3.8) is 0 Å². The van der Waals surface area contributed by atoms with Gasteiger partial charge in [-0.15, -0.1) is 12.4 Å². The third-order valence-corrected chi connectivity index (χ3v) is 4.08. The molecular formula is C13H22ClN3O4S. The first kappa shape index (κ1) is 20.8. The summed E-state index contributed by atoms with van der Waals surface area (Å²) in [5.74, 6) is -0.184. The van der Waals surface area contributed by atoms with Crippen molar-refractivity contribution >= 4 is 34.0 Å². The lowest BCUT2D eigenvalue weighted by molar-refractivity contribution is -0.116. The average Bonchev–Trinajstić information content (AvgIpc) is 2.46. The fraction of sp³-hybridized carbons (Fsp3) is 0.462. The number of nitrogens with one attached hydrogen (secondary N) is 2. The second kappa shape index (κ2) is 10.5. The molecule has 1 aromatic rings. The molecule has 0 heterocycles. The molecule has 7 nitrogen and oxygen atoms in total. The van der Waals surface area contributed by atoms with Crippen LogP contribution >= 0.6 is 12.4 Å². The Labute approximate surface area is 137 Å². The van der Waals surface area contributed by atoms with Crippen LogP contribution in [0.3, 0.4) is 0 Å². The second-order valence-electron chi connectivity index (χ2n) is 4.36. The van der Waals surface area contributed by atoms with E-state index in [2.05, 4.69) is 10.0 Å². The summed E-state index contributed by atoms with van der Waals surface area (Å²) in [7, 11) is -2.03. The van der Waals surface area contributed by atoms with E-state index in [1.54, 1.807) is 19.2 Å². The number of nitrogens with two attached hydrogens (primary N) is 1. The summed E-state index contributed by atoms with van der Waals surface area (Å²) >= 11 is 0. The van der Waals surface area contributed by atoms with Gasteiger partial charge in [-0.25, -0.2) is 13.1 Å². The highest BCUT2D eigenvalue weighted by Gasteiger charge is 2.13. The van der Waals surface area contributed by atoms with Crippen molar-refractivity contribution in [3.05, 3.63) is 24.3 Å². The number of carbonyl (C=O) groups excluding carboxylic acids is 1. The summed E-state index contributed by atoms with van der Waals surface area (Å²) in [6.07, 6.45) is 0.925. The van der Waals surface area contributed by atoms with Crippen molar-refractivity contribution in [2.24, 2.45) is 5.73 Å². The van der Waals surface area contributed by atoms with Crippen LogP contribution in [0.4, 0.5) is 5.69 Å². The average molecular weight is 352 g/mol. The first-order chi connectivity index (χ1) is 9.99. The molecule has 1 aromatic carbocycles. The number of rotatable bonds is 9. The molecule has 22 heavy (non-hydrogen) atoms. The number of carbonyl (C=O) groups is 1. The molecule has 126 valence electrons. The molecule has 0 saturated heterocycles. The zero-order valence-corrected chi connectivity index (χ0v) is 14.0. The predicted octanol–water partition coefficient (Wildman–Crippen LogP) is 0.711. The van der Waals surface area contributed by atoms with Gasteiger partial charge in [0.2, 0.25) is 15.9 Å². The zero-order valence-electron chi connectivity index (χ0n) is 12.4. The third-order valence-electron chi connectivity index (χ3n) is 2.62. The van der Waals surface area contributed by atoms with E-state index in [-0.39, 0.29) is 36.3 Å². The smallest absolute Gasteiger partial charge is 0.240 e. The zero-order chi connectivity index (χ0) is 15.7. The van der Waals surface area contributed by atoms with Crippen LogP contribution in [0.15, 0.2) is 29.2 Å². The van der Waals surface area contributed by atoms with Crippen LogP contribution in [0.2, 0.25) is 0 Å². The number of amides is 1. The van der Waals surface area contributed by atoms with Crippen molar-refractivity contribution in [2.45, 2.75) is 17.7 Å². The number of halogens is 1. The molecular weight excluding hydrogens is 330 g/mol. The topological polar surface area (TPSA) is 111 Å². The monoisotopic (exact) mass is 351 g/mol. The Morgan fingerprint density at radius 1 is 1.36 bits per heavy atom.